The molecule has 8 heteroatoms. The van der Waals surface area contributed by atoms with Crippen molar-refractivity contribution in [2.75, 3.05) is 0 Å². The van der Waals surface area contributed by atoms with E-state index < -0.39 is 16.1 Å². The third-order valence-corrected chi connectivity index (χ3v) is 9.49. The monoisotopic (exact) mass is 680 g/mol. The molecule has 0 bridgehead atoms. The fourth-order valence-electron chi connectivity index (χ4n) is 3.55. The maximum Gasteiger partial charge on any atom is 0.121 e. The summed E-state index contributed by atoms with van der Waals surface area (Å²) in [6.45, 7) is 27.0. The van der Waals surface area contributed by atoms with Crippen LogP contribution in [0, 0.1) is 27.7 Å². The molecule has 0 saturated carbocycles. The number of halogens is 2. The van der Waals surface area contributed by atoms with Crippen molar-refractivity contribution in [3.63, 3.8) is 0 Å². The Morgan fingerprint density at radius 2 is 0.921 bits per heavy atom. The molecule has 0 aliphatic rings. The molecule has 0 aliphatic heterocycles. The van der Waals surface area contributed by atoms with E-state index in [1.54, 1.807) is 23.3 Å². The molecule has 38 heavy (non-hydrogen) atoms. The van der Waals surface area contributed by atoms with Crippen molar-refractivity contribution in [2.45, 2.75) is 80.1 Å². The number of aryl methyl sites for hydroxylation is 4. The average Bonchev–Trinajstić information content (AvgIpc) is 3.50. The summed E-state index contributed by atoms with van der Waals surface area (Å²) < 4.78 is 11.9. The second kappa shape index (κ2) is 15.4. The molecule has 4 rings (SSSR count). The first-order chi connectivity index (χ1) is 16.5. The maximum atomic E-state index is 5.96. The van der Waals surface area contributed by atoms with Crippen LogP contribution < -0.4 is 35.6 Å². The molecular weight excluding hydrogens is 639 g/mol. The van der Waals surface area contributed by atoms with E-state index in [0.29, 0.717) is 0 Å². The fourth-order valence-corrected chi connectivity index (χ4v) is 5.55. The third-order valence-electron chi connectivity index (χ3n) is 5.99. The SMILES string of the molecule is C[Si](C)=[Zr+2].Cc1cc(-c2ccc([Si](C)(C)C)o2)[cH-]c1C.Cc1cc(-c2ccc([Si](C)(C)C)o2)[cH-]c1C.[Cl-].[Cl-]. The standard InChI is InChI=1S/2C14H19OSi.C2H6Si.2ClH.Zr/c2*1-10-8-12(9-11(10)2)13-6-7-14(15-13)16(3,4)5;1-3-2;;;/h2*6-9H,1-5H3;1-2H3;2*1H;/q2*-1;;;;+2/p-2. The van der Waals surface area contributed by atoms with Gasteiger partial charge in [0.2, 0.25) is 0 Å². The first kappa shape index (κ1) is 37.4. The van der Waals surface area contributed by atoms with Crippen LogP contribution >= 0.6 is 0 Å². The van der Waals surface area contributed by atoms with Gasteiger partial charge in [0.05, 0.1) is 10.8 Å². The van der Waals surface area contributed by atoms with Crippen LogP contribution in [0.1, 0.15) is 22.3 Å². The van der Waals surface area contributed by atoms with Crippen molar-refractivity contribution in [1.82, 2.24) is 0 Å². The van der Waals surface area contributed by atoms with Crippen molar-refractivity contribution in [3.05, 3.63) is 70.8 Å². The molecule has 4 aromatic rings. The third kappa shape index (κ3) is 11.1. The van der Waals surface area contributed by atoms with Crippen LogP contribution in [0.25, 0.3) is 22.6 Å². The summed E-state index contributed by atoms with van der Waals surface area (Å²) in [6, 6.07) is 17.3. The summed E-state index contributed by atoms with van der Waals surface area (Å²) in [5.74, 6) is 2.02. The van der Waals surface area contributed by atoms with Crippen LogP contribution in [-0.4, -0.2) is 21.6 Å². The maximum absolute atomic E-state index is 5.96. The molecule has 0 saturated heterocycles. The van der Waals surface area contributed by atoms with E-state index in [-0.39, 0.29) is 30.2 Å². The summed E-state index contributed by atoms with van der Waals surface area (Å²) in [6.07, 6.45) is 0. The minimum Gasteiger partial charge on any atom is -1.00 e. The van der Waals surface area contributed by atoms with Gasteiger partial charge in [-0.25, -0.2) is 0 Å². The van der Waals surface area contributed by atoms with Gasteiger partial charge in [0.15, 0.2) is 0 Å². The molecular formula is C30H44Cl2O2Si3Zr-2. The smallest absolute Gasteiger partial charge is 0.121 e. The molecule has 2 aromatic carbocycles. The van der Waals surface area contributed by atoms with Gasteiger partial charge in [-0.2, -0.15) is 23.3 Å². The van der Waals surface area contributed by atoms with Gasteiger partial charge in [0.1, 0.15) is 16.1 Å². The minimum atomic E-state index is -1.32. The van der Waals surface area contributed by atoms with Crippen molar-refractivity contribution >= 4 is 32.3 Å². The molecule has 208 valence electrons. The van der Waals surface area contributed by atoms with Gasteiger partial charge in [-0.15, -0.1) is 34.4 Å². The molecule has 0 aliphatic carbocycles. The first-order valence-electron chi connectivity index (χ1n) is 12.7. The Morgan fingerprint density at radius 1 is 0.632 bits per heavy atom. The second-order valence-corrected chi connectivity index (χ2v) is 31.4. The fraction of sp³-hybridized carbons (Fsp3) is 0.400. The molecule has 0 N–H and O–H groups in total. The zero-order valence-electron chi connectivity index (χ0n) is 25.2. The minimum absolute atomic E-state index is 0. The van der Waals surface area contributed by atoms with Crippen LogP contribution in [0.2, 0.25) is 52.4 Å². The Bertz CT molecular complexity index is 1160. The van der Waals surface area contributed by atoms with E-state index >= 15 is 0 Å². The summed E-state index contributed by atoms with van der Waals surface area (Å²) >= 11 is 1.74. The van der Waals surface area contributed by atoms with Gasteiger partial charge in [-0.3, -0.25) is 0 Å². The molecule has 0 atom stereocenters. The van der Waals surface area contributed by atoms with Crippen LogP contribution in [0.5, 0.6) is 0 Å². The van der Waals surface area contributed by atoms with Gasteiger partial charge >= 0.3 is 41.9 Å². The van der Waals surface area contributed by atoms with Crippen LogP contribution in [0.3, 0.4) is 0 Å². The van der Waals surface area contributed by atoms with E-state index in [4.69, 9.17) is 8.83 Å². The summed E-state index contributed by atoms with van der Waals surface area (Å²) in [7, 11) is -2.64. The van der Waals surface area contributed by atoms with Crippen molar-refractivity contribution in [1.29, 1.82) is 0 Å². The van der Waals surface area contributed by atoms with Crippen LogP contribution in [0.15, 0.2) is 57.4 Å². The summed E-state index contributed by atoms with van der Waals surface area (Å²) in [5, 5.41) is 2.36. The van der Waals surface area contributed by atoms with Crippen LogP contribution in [0.4, 0.5) is 0 Å². The summed E-state index contributed by atoms with van der Waals surface area (Å²) in [5.41, 5.74) is 7.96. The van der Waals surface area contributed by atoms with E-state index in [9.17, 15) is 0 Å². The van der Waals surface area contributed by atoms with E-state index in [1.807, 2.05) is 0 Å². The number of rotatable bonds is 4. The van der Waals surface area contributed by atoms with E-state index in [2.05, 4.69) is 129 Å². The summed E-state index contributed by atoms with van der Waals surface area (Å²) in [4.78, 5) is 0. The molecule has 0 spiro atoms. The zero-order valence-corrected chi connectivity index (χ0v) is 32.2. The number of hydrogen-bond acceptors (Lipinski definition) is 2. The molecule has 2 nitrogen and oxygen atoms in total. The molecule has 2 heterocycles. The van der Waals surface area contributed by atoms with Gasteiger partial charge in [-0.05, 0) is 12.1 Å². The normalized spacial score (nSPS) is 10.9. The molecule has 2 aromatic heterocycles. The van der Waals surface area contributed by atoms with Gasteiger partial charge in [-0.1, -0.05) is 79.1 Å². The average molecular weight is 683 g/mol. The Labute approximate surface area is 260 Å². The van der Waals surface area contributed by atoms with Gasteiger partial charge < -0.3 is 33.6 Å². The molecule has 0 unspecified atom stereocenters. The number of hydrogen-bond donors (Lipinski definition) is 0. The molecule has 0 fully saturated rings. The topological polar surface area (TPSA) is 26.3 Å². The van der Waals surface area contributed by atoms with Gasteiger partial charge in [0, 0.05) is 11.5 Å². The van der Waals surface area contributed by atoms with Crippen molar-refractivity contribution in [2.24, 2.45) is 0 Å². The number of furan rings is 2. The first-order valence-corrected chi connectivity index (χ1v) is 25.9. The van der Waals surface area contributed by atoms with Crippen molar-refractivity contribution in [3.8, 4) is 22.6 Å². The Balaban J connectivity index is 0.000000604. The predicted molar refractivity (Wildman–Crippen MR) is 162 cm³/mol. The second-order valence-electron chi connectivity index (χ2n) is 12.0. The molecule has 0 amide bonds. The zero-order chi connectivity index (χ0) is 27.4. The predicted octanol–water partition coefficient (Wildman–Crippen LogP) is 2.45. The Kier molecular flexibility index (Phi) is 15.1. The van der Waals surface area contributed by atoms with E-state index in [1.165, 1.54) is 44.1 Å². The molecule has 0 radical (unpaired) electrons. The van der Waals surface area contributed by atoms with Gasteiger partial charge in [0.25, 0.3) is 0 Å². The largest absolute Gasteiger partial charge is 1.00 e. The van der Waals surface area contributed by atoms with Crippen LogP contribution in [-0.2, 0) is 23.3 Å². The van der Waals surface area contributed by atoms with Crippen molar-refractivity contribution < 1.29 is 57.0 Å². The Morgan fingerprint density at radius 3 is 1.11 bits per heavy atom. The van der Waals surface area contributed by atoms with E-state index in [0.717, 1.165) is 11.5 Å². The Hall–Kier alpha value is -0.626. The quantitative estimate of drug-likeness (QED) is 0.245.